The van der Waals surface area contributed by atoms with Crippen molar-refractivity contribution in [3.8, 4) is 77.9 Å². The molecule has 378 valence electrons. The average Bonchev–Trinajstić information content (AvgIpc) is 0.838. The lowest BCUT2D eigenvalue weighted by atomic mass is 9.79. The molecule has 0 unspecified atom stereocenters. The smallest absolute Gasteiger partial charge is 0.144 e. The number of hydrogen-bond donors (Lipinski definition) is 0. The summed E-state index contributed by atoms with van der Waals surface area (Å²) in [6.45, 7) is 0. The fourth-order valence-electron chi connectivity index (χ4n) is 14.2. The average molecular weight is 1040 g/mol. The fourth-order valence-corrected chi connectivity index (χ4v) is 14.2. The van der Waals surface area contributed by atoms with Gasteiger partial charge in [-0.05, 0) is 144 Å². The Morgan fingerprint density at radius 3 is 0.646 bits per heavy atom. The van der Waals surface area contributed by atoms with Gasteiger partial charge in [-0.25, -0.2) is 0 Å². The van der Waals surface area contributed by atoms with E-state index in [1.54, 1.807) is 0 Å². The maximum atomic E-state index is 8.18. The van der Waals surface area contributed by atoms with Crippen LogP contribution in [0.5, 0.6) is 0 Å². The topological polar surface area (TPSA) is 26.3 Å². The van der Waals surface area contributed by atoms with Crippen molar-refractivity contribution in [1.82, 2.24) is 0 Å². The van der Waals surface area contributed by atoms with Crippen LogP contribution in [0.4, 0.5) is 0 Å². The summed E-state index contributed by atoms with van der Waals surface area (Å²) >= 11 is 0. The Bertz CT molecular complexity index is 5270. The summed E-state index contributed by atoms with van der Waals surface area (Å²) in [5.74, 6) is 0. The summed E-state index contributed by atoms with van der Waals surface area (Å²) in [6, 6.07) is 103. The highest BCUT2D eigenvalue weighted by atomic mass is 16.3. The molecule has 0 saturated carbocycles. The molecule has 18 rings (SSSR count). The molecule has 2 nitrogen and oxygen atoms in total. The molecule has 0 N–H and O–H groups in total. The van der Waals surface area contributed by atoms with Gasteiger partial charge in [-0.3, -0.25) is 0 Å². The number of benzene rings is 16. The molecule has 0 fully saturated rings. The van der Waals surface area contributed by atoms with Gasteiger partial charge in [0, 0.05) is 44.2 Å². The molecule has 0 aromatic heterocycles. The van der Waals surface area contributed by atoms with Crippen molar-refractivity contribution < 1.29 is 8.83 Å². The highest BCUT2D eigenvalue weighted by Crippen LogP contribution is 2.59. The molecule has 82 heavy (non-hydrogen) atoms. The minimum Gasteiger partial charge on any atom is -0.455 e. The molecule has 0 aliphatic carbocycles. The SMILES string of the molecule is c1ccc2c(-c3cc4c(-c5cccc6ccccc56)cc(-c5cccc6ccccc56)c5oc6c(-c7cccc8ccccc78)cc7c(-c8cccc9ccccc89)cc(-c8cccc9ccccc89)c8oc3c(c45)-c6c78)cccc2c1. The first-order valence-corrected chi connectivity index (χ1v) is 28.3. The third-order valence-electron chi connectivity index (χ3n) is 17.8. The van der Waals surface area contributed by atoms with Crippen molar-refractivity contribution in [3.05, 3.63) is 279 Å². The predicted molar refractivity (Wildman–Crippen MR) is 346 cm³/mol. The molecule has 0 amide bonds. The molecule has 2 aliphatic heterocycles. The van der Waals surface area contributed by atoms with Gasteiger partial charge in [0.1, 0.15) is 22.3 Å². The van der Waals surface area contributed by atoms with E-state index in [1.165, 1.54) is 43.1 Å². The Morgan fingerprint density at radius 2 is 0.378 bits per heavy atom. The van der Waals surface area contributed by atoms with Gasteiger partial charge >= 0.3 is 0 Å². The molecule has 0 saturated heterocycles. The third-order valence-corrected chi connectivity index (χ3v) is 17.8. The van der Waals surface area contributed by atoms with E-state index in [-0.39, 0.29) is 0 Å². The monoisotopic (exact) mass is 1040 g/mol. The Balaban J connectivity index is 1.14. The van der Waals surface area contributed by atoms with Crippen LogP contribution >= 0.6 is 0 Å². The molecule has 16 aromatic carbocycles. The summed E-state index contributed by atoms with van der Waals surface area (Å²) in [5.41, 5.74) is 18.4. The van der Waals surface area contributed by atoms with Crippen LogP contribution in [0.15, 0.2) is 288 Å². The number of hydrogen-bond acceptors (Lipinski definition) is 2. The summed E-state index contributed by atoms with van der Waals surface area (Å²) < 4.78 is 16.4. The molecule has 2 heteroatoms. The summed E-state index contributed by atoms with van der Waals surface area (Å²) in [4.78, 5) is 0. The lowest BCUT2D eigenvalue weighted by Gasteiger charge is -2.28. The summed E-state index contributed by atoms with van der Waals surface area (Å²) in [7, 11) is 0. The van der Waals surface area contributed by atoms with Gasteiger partial charge in [-0.15, -0.1) is 0 Å². The summed E-state index contributed by atoms with van der Waals surface area (Å²) in [5, 5.41) is 18.3. The fraction of sp³-hybridized carbons (Fsp3) is 0. The lowest BCUT2D eigenvalue weighted by Crippen LogP contribution is -2.02. The highest BCUT2D eigenvalue weighted by molar-refractivity contribution is 6.34. The largest absolute Gasteiger partial charge is 0.455 e. The Kier molecular flexibility index (Phi) is 9.54. The Morgan fingerprint density at radius 1 is 0.159 bits per heavy atom. The van der Waals surface area contributed by atoms with Crippen LogP contribution in [0, 0.1) is 0 Å². The maximum Gasteiger partial charge on any atom is 0.144 e. The zero-order valence-electron chi connectivity index (χ0n) is 44.4. The second kappa shape index (κ2) is 17.3. The van der Waals surface area contributed by atoms with Crippen LogP contribution in [0.3, 0.4) is 0 Å². The van der Waals surface area contributed by atoms with Gasteiger partial charge in [0.2, 0.25) is 0 Å². The minimum atomic E-state index is 0.816. The normalized spacial score (nSPS) is 12.1. The zero-order chi connectivity index (χ0) is 53.6. The molecule has 0 spiro atoms. The van der Waals surface area contributed by atoms with Crippen molar-refractivity contribution in [2.45, 2.75) is 0 Å². The van der Waals surface area contributed by atoms with Gasteiger partial charge in [0.05, 0.1) is 0 Å². The first-order chi connectivity index (χ1) is 40.7. The summed E-state index contributed by atoms with van der Waals surface area (Å²) in [6.07, 6.45) is 0. The van der Waals surface area contributed by atoms with Crippen molar-refractivity contribution in [1.29, 1.82) is 0 Å². The van der Waals surface area contributed by atoms with Crippen molar-refractivity contribution in [3.63, 3.8) is 0 Å². The van der Waals surface area contributed by atoms with E-state index < -0.39 is 0 Å². The molecule has 0 atom stereocenters. The van der Waals surface area contributed by atoms with Gasteiger partial charge in [-0.2, -0.15) is 0 Å². The van der Waals surface area contributed by atoms with Crippen molar-refractivity contribution >= 4 is 109 Å². The Hall–Kier alpha value is -10.8. The van der Waals surface area contributed by atoms with Gasteiger partial charge in [0.25, 0.3) is 0 Å². The van der Waals surface area contributed by atoms with Crippen molar-refractivity contribution in [2.75, 3.05) is 0 Å². The van der Waals surface area contributed by atoms with Crippen LogP contribution < -0.4 is 0 Å². The molecule has 0 bridgehead atoms. The molecule has 16 aromatic rings. The first-order valence-electron chi connectivity index (χ1n) is 28.3. The second-order valence-electron chi connectivity index (χ2n) is 22.1. The van der Waals surface area contributed by atoms with E-state index in [4.69, 9.17) is 8.83 Å². The van der Waals surface area contributed by atoms with Crippen LogP contribution in [0.25, 0.3) is 186 Å². The van der Waals surface area contributed by atoms with Gasteiger partial charge < -0.3 is 8.83 Å². The van der Waals surface area contributed by atoms with E-state index in [2.05, 4.69) is 279 Å². The standard InChI is InChI=1S/C80H46O2/c1-7-31-53-47(19-1)25-13-37-59(53)65-43-69(61-39-15-27-49-21-3-9-33-55(49)61)77-73-67(65)45-71(63-41-17-29-51-23-5-11-35-57(51)63)79-75(73)76-74-68(46-72(80(76)81-77)64-42-18-30-52-24-6-12-36-58(52)64)66(60-38-14-26-48-20-2-8-32-54(48)60)44-70(78(74)82-79)62-40-16-28-50-22-4-10-34-56(50)62/h1-46H. The van der Waals surface area contributed by atoms with Crippen LogP contribution in [0.2, 0.25) is 0 Å². The van der Waals surface area contributed by atoms with Crippen LogP contribution in [-0.4, -0.2) is 0 Å². The van der Waals surface area contributed by atoms with E-state index in [9.17, 15) is 0 Å². The van der Waals surface area contributed by atoms with E-state index in [1.807, 2.05) is 0 Å². The van der Waals surface area contributed by atoms with E-state index in [0.717, 1.165) is 143 Å². The van der Waals surface area contributed by atoms with Crippen LogP contribution in [-0.2, 0) is 0 Å². The number of fused-ring (bicyclic) bond motifs is 6. The molecular formula is C80H46O2. The van der Waals surface area contributed by atoms with Crippen LogP contribution in [0.1, 0.15) is 0 Å². The minimum absolute atomic E-state index is 0.816. The second-order valence-corrected chi connectivity index (χ2v) is 22.1. The molecule has 0 radical (unpaired) electrons. The third kappa shape index (κ3) is 6.46. The zero-order valence-corrected chi connectivity index (χ0v) is 44.4. The quantitative estimate of drug-likeness (QED) is 0.123. The van der Waals surface area contributed by atoms with Crippen molar-refractivity contribution in [2.24, 2.45) is 0 Å². The number of rotatable bonds is 6. The Labute approximate surface area is 471 Å². The predicted octanol–water partition coefficient (Wildman–Crippen LogP) is 22.9. The molecule has 2 aliphatic rings. The van der Waals surface area contributed by atoms with E-state index >= 15 is 0 Å². The van der Waals surface area contributed by atoms with E-state index in [0.29, 0.717) is 0 Å². The van der Waals surface area contributed by atoms with Gasteiger partial charge in [-0.1, -0.05) is 255 Å². The lowest BCUT2D eigenvalue weighted by molar-refractivity contribution is 0.649. The maximum absolute atomic E-state index is 8.18. The first kappa shape index (κ1) is 45.1. The highest BCUT2D eigenvalue weighted by Gasteiger charge is 2.34. The van der Waals surface area contributed by atoms with Gasteiger partial charge in [0.15, 0.2) is 0 Å². The molecule has 2 heterocycles. The molecular weight excluding hydrogens is 993 g/mol.